The fourth-order valence-electron chi connectivity index (χ4n) is 6.17. The molecule has 3 aromatic carbocycles. The van der Waals surface area contributed by atoms with Crippen molar-refractivity contribution in [1.29, 1.82) is 0 Å². The van der Waals surface area contributed by atoms with Gasteiger partial charge in [0.2, 0.25) is 0 Å². The first kappa shape index (κ1) is 51.8. The number of rotatable bonds is 22. The highest BCUT2D eigenvalue weighted by Crippen LogP contribution is 2.81. The molecule has 0 aliphatic carbocycles. The molecule has 15 heteroatoms. The fraction of sp³-hybridized carbons (Fsp3) is 0.596. The molecule has 0 amide bonds. The van der Waals surface area contributed by atoms with Crippen LogP contribution in [0.15, 0.2) is 51.1 Å². The van der Waals surface area contributed by atoms with Gasteiger partial charge in [0, 0.05) is 46.7 Å². The lowest BCUT2D eigenvalue weighted by molar-refractivity contribution is -0.188. The van der Waals surface area contributed by atoms with Crippen molar-refractivity contribution in [3.05, 3.63) is 36.4 Å². The maximum absolute atomic E-state index is 15.3. The molecule has 0 bridgehead atoms. The Bertz CT molecular complexity index is 1650. The van der Waals surface area contributed by atoms with Crippen LogP contribution in [-0.4, -0.2) is 67.1 Å². The summed E-state index contributed by atoms with van der Waals surface area (Å²) in [5.74, 6) is -1.77. The van der Waals surface area contributed by atoms with Crippen LogP contribution in [0, 0.1) is 0 Å². The Morgan fingerprint density at radius 3 is 0.694 bits per heavy atom. The average molecular weight is 899 g/mol. The maximum Gasteiger partial charge on any atom is 0.491 e. The van der Waals surface area contributed by atoms with Gasteiger partial charge in [0.05, 0.1) is 54.9 Å². The summed E-state index contributed by atoms with van der Waals surface area (Å²) in [5.41, 5.74) is 0. The van der Waals surface area contributed by atoms with Crippen LogP contribution in [0.5, 0.6) is 51.7 Å². The van der Waals surface area contributed by atoms with Gasteiger partial charge < -0.3 is 46.8 Å². The summed E-state index contributed by atoms with van der Waals surface area (Å²) in [6, 6.07) is 9.31. The van der Waals surface area contributed by atoms with Gasteiger partial charge in [-0.3, -0.25) is 0 Å². The zero-order valence-electron chi connectivity index (χ0n) is 39.7. The van der Waals surface area contributed by atoms with Gasteiger partial charge in [-0.1, -0.05) is 0 Å². The van der Waals surface area contributed by atoms with E-state index in [1.807, 2.05) is 41.5 Å². The summed E-state index contributed by atoms with van der Waals surface area (Å²) in [6.07, 6.45) is -10.0. The molecule has 0 heterocycles. The van der Waals surface area contributed by atoms with Crippen molar-refractivity contribution in [1.82, 2.24) is 0 Å². The molecule has 3 rings (SSSR count). The molecule has 3 aromatic rings. The first-order chi connectivity index (χ1) is 28.6. The summed E-state index contributed by atoms with van der Waals surface area (Å²) in [7, 11) is -4.39. The summed E-state index contributed by atoms with van der Waals surface area (Å²) in [4.78, 5) is 13.9. The molecule has 0 aromatic heterocycles. The predicted molar refractivity (Wildman–Crippen MR) is 236 cm³/mol. The van der Waals surface area contributed by atoms with Crippen LogP contribution in [0.1, 0.15) is 125 Å². The number of carbonyl (C=O) groups is 1. The Balaban J connectivity index is 3.13. The number of carbonyl (C=O) groups excluding carboxylic acids is 1. The van der Waals surface area contributed by atoms with Gasteiger partial charge in [0.25, 0.3) is 0 Å². The number of alkyl halides is 3. The first-order valence-electron chi connectivity index (χ1n) is 21.3. The minimum Gasteiger partial charge on any atom is -0.491 e. The molecule has 0 aliphatic rings. The number of hydrogen-bond donors (Lipinski definition) is 0. The molecule has 11 nitrogen and oxygen atoms in total. The average Bonchev–Trinajstić information content (AvgIpc) is 3.04. The number of benzene rings is 3. The quantitative estimate of drug-likeness (QED) is 0.0961. The van der Waals surface area contributed by atoms with E-state index < -0.39 is 59.1 Å². The van der Waals surface area contributed by atoms with Crippen molar-refractivity contribution in [3.8, 4) is 51.7 Å². The third kappa shape index (κ3) is 14.0. The van der Waals surface area contributed by atoms with Crippen molar-refractivity contribution in [2.75, 3.05) is 0 Å². The van der Waals surface area contributed by atoms with Crippen molar-refractivity contribution < 1.29 is 64.8 Å². The minimum atomic E-state index is -5.53. The second-order valence-electron chi connectivity index (χ2n) is 17.2. The molecular formula is C47H69F3O11S. The van der Waals surface area contributed by atoms with Crippen LogP contribution >= 0.6 is 10.3 Å². The molecule has 0 N–H and O–H groups in total. The van der Waals surface area contributed by atoms with Gasteiger partial charge in [-0.2, -0.15) is 13.2 Å². The van der Waals surface area contributed by atoms with Crippen LogP contribution in [-0.2, 0) is 8.98 Å². The van der Waals surface area contributed by atoms with Gasteiger partial charge in [-0.25, -0.2) is 4.79 Å². The molecule has 0 aliphatic heterocycles. The van der Waals surface area contributed by atoms with E-state index in [0.717, 1.165) is 0 Å². The van der Waals surface area contributed by atoms with E-state index in [9.17, 15) is 4.79 Å². The van der Waals surface area contributed by atoms with Gasteiger partial charge in [-0.15, -0.1) is 0 Å². The van der Waals surface area contributed by atoms with Gasteiger partial charge in [0.15, 0.2) is 0 Å². The Morgan fingerprint density at radius 2 is 0.548 bits per heavy atom. The van der Waals surface area contributed by atoms with Crippen molar-refractivity contribution in [2.24, 2.45) is 0 Å². The Kier molecular flexibility index (Phi) is 18.1. The standard InChI is InChI=1S/C47H69F3O11S/c1-25(2)52-34-19-37(55-28(7)8)43(38(20-34)56-29(9)10)62(61-46(51)47(48,49)50,44-39(57-30(11)12)21-35(53-26(3)4)22-40(44)58-31(13)14)45-41(59-32(15)16)23-36(54-27(5)6)24-42(45)60-33(17)18/h19-33H,1-18H3. The molecule has 0 spiro atoms. The predicted octanol–water partition coefficient (Wildman–Crippen LogP) is 13.1. The summed E-state index contributed by atoms with van der Waals surface area (Å²) >= 11 is 0. The topological polar surface area (TPSA) is 109 Å². The molecule has 0 fully saturated rings. The molecule has 0 saturated carbocycles. The molecule has 0 unspecified atom stereocenters. The zero-order chi connectivity index (χ0) is 47.0. The van der Waals surface area contributed by atoms with Crippen molar-refractivity contribution >= 4 is 16.3 Å². The molecule has 62 heavy (non-hydrogen) atoms. The van der Waals surface area contributed by atoms with Crippen molar-refractivity contribution in [2.45, 2.75) is 200 Å². The van der Waals surface area contributed by atoms with E-state index in [1.54, 1.807) is 119 Å². The van der Waals surface area contributed by atoms with E-state index in [4.69, 9.17) is 46.8 Å². The highest BCUT2D eigenvalue weighted by molar-refractivity contribution is 8.30. The van der Waals surface area contributed by atoms with Crippen LogP contribution < -0.4 is 42.6 Å². The molecule has 350 valence electrons. The summed E-state index contributed by atoms with van der Waals surface area (Å²) in [6.45, 7) is 32.1. The number of hydrogen-bond acceptors (Lipinski definition) is 11. The SMILES string of the molecule is CC(C)Oc1cc(OC(C)C)c(S(OC(=O)C(F)(F)F)(c2c(OC(C)C)cc(OC(C)C)cc2OC(C)C)c2c(OC(C)C)cc(OC(C)C)cc2OC(C)C)c(OC(C)C)c1. The summed E-state index contributed by atoms with van der Waals surface area (Å²) in [5, 5.41) is 0. The highest BCUT2D eigenvalue weighted by Gasteiger charge is 2.54. The Hall–Kier alpha value is -4.53. The third-order valence-corrected chi connectivity index (χ3v) is 10.9. The molecular weight excluding hydrogens is 830 g/mol. The number of halogens is 3. The van der Waals surface area contributed by atoms with Gasteiger partial charge >= 0.3 is 12.1 Å². The Labute approximate surface area is 368 Å². The second-order valence-corrected chi connectivity index (χ2v) is 19.7. The van der Waals surface area contributed by atoms with Gasteiger partial charge in [0.1, 0.15) is 66.4 Å². The van der Waals surface area contributed by atoms with Crippen molar-refractivity contribution in [3.63, 3.8) is 0 Å². The molecule has 0 radical (unpaired) electrons. The smallest absolute Gasteiger partial charge is 0.491 e. The van der Waals surface area contributed by atoms with Crippen LogP contribution in [0.2, 0.25) is 0 Å². The highest BCUT2D eigenvalue weighted by atomic mass is 32.3. The normalized spacial score (nSPS) is 12.6. The lowest BCUT2D eigenvalue weighted by Crippen LogP contribution is -2.29. The minimum absolute atomic E-state index is 0.0132. The van der Waals surface area contributed by atoms with E-state index >= 15 is 13.2 Å². The van der Waals surface area contributed by atoms with E-state index in [2.05, 4.69) is 0 Å². The van der Waals surface area contributed by atoms with E-state index in [-0.39, 0.29) is 84.7 Å². The van der Waals surface area contributed by atoms with E-state index in [1.165, 1.54) is 0 Å². The fourth-order valence-corrected chi connectivity index (χ4v) is 9.70. The Morgan fingerprint density at radius 1 is 0.371 bits per heavy atom. The molecule has 0 atom stereocenters. The zero-order valence-corrected chi connectivity index (χ0v) is 40.5. The first-order valence-corrected chi connectivity index (χ1v) is 22.9. The lowest BCUT2D eigenvalue weighted by atomic mass is 10.2. The van der Waals surface area contributed by atoms with Crippen LogP contribution in [0.4, 0.5) is 13.2 Å². The van der Waals surface area contributed by atoms with Crippen LogP contribution in [0.25, 0.3) is 0 Å². The lowest BCUT2D eigenvalue weighted by Gasteiger charge is -2.44. The maximum atomic E-state index is 15.3. The third-order valence-electron chi connectivity index (χ3n) is 7.57. The molecule has 0 saturated heterocycles. The number of ether oxygens (including phenoxy) is 9. The second kappa shape index (κ2) is 21.7. The van der Waals surface area contributed by atoms with E-state index in [0.29, 0.717) is 0 Å². The largest absolute Gasteiger partial charge is 0.491 e. The van der Waals surface area contributed by atoms with Crippen LogP contribution in [0.3, 0.4) is 0 Å². The summed E-state index contributed by atoms with van der Waals surface area (Å²) < 4.78 is 111. The monoisotopic (exact) mass is 898 g/mol. The van der Waals surface area contributed by atoms with Gasteiger partial charge in [-0.05, 0) is 125 Å².